The van der Waals surface area contributed by atoms with Crippen molar-refractivity contribution in [3.63, 3.8) is 0 Å². The monoisotopic (exact) mass is 423 g/mol. The predicted molar refractivity (Wildman–Crippen MR) is 118 cm³/mol. The third-order valence-corrected chi connectivity index (χ3v) is 5.36. The number of carbonyl (C=O) groups excluding carboxylic acids is 1. The second kappa shape index (κ2) is 9.00. The van der Waals surface area contributed by atoms with Gasteiger partial charge in [0.1, 0.15) is 0 Å². The molecule has 1 aliphatic rings. The molecule has 1 saturated heterocycles. The molecule has 8 heteroatoms. The Hall–Kier alpha value is -3.32. The summed E-state index contributed by atoms with van der Waals surface area (Å²) >= 11 is 6.28. The molecule has 0 saturated carbocycles. The molecule has 2 amide bonds. The summed E-state index contributed by atoms with van der Waals surface area (Å²) in [5, 5.41) is 6.62. The lowest BCUT2D eigenvalue weighted by Crippen LogP contribution is -2.39. The van der Waals surface area contributed by atoms with Gasteiger partial charge in [0.05, 0.1) is 17.3 Å². The molecule has 1 aromatic heterocycles. The molecule has 1 unspecified atom stereocenters. The SMILES string of the molecule is O=C(Nc1cccc(Cn2cccnc2=O)c1)NC1CCN(c2ccccc2Cl)C1. The maximum absolute atomic E-state index is 12.5. The average Bonchev–Trinajstić information content (AvgIpc) is 3.18. The van der Waals surface area contributed by atoms with Crippen LogP contribution < -0.4 is 21.2 Å². The highest BCUT2D eigenvalue weighted by molar-refractivity contribution is 6.33. The van der Waals surface area contributed by atoms with E-state index in [0.717, 1.165) is 24.2 Å². The first kappa shape index (κ1) is 20.0. The number of nitrogens with one attached hydrogen (secondary N) is 2. The standard InChI is InChI=1S/C22H22ClN5O2/c23-19-7-1-2-8-20(19)27-12-9-18(15-27)26-21(29)25-17-6-3-5-16(13-17)14-28-11-4-10-24-22(28)30/h1-8,10-11,13,18H,9,12,14-15H2,(H2,25,26,29). The second-order valence-corrected chi connectivity index (χ2v) is 7.62. The maximum atomic E-state index is 12.5. The first-order chi connectivity index (χ1) is 14.6. The highest BCUT2D eigenvalue weighted by atomic mass is 35.5. The predicted octanol–water partition coefficient (Wildman–Crippen LogP) is 3.35. The van der Waals surface area contributed by atoms with E-state index < -0.39 is 0 Å². The van der Waals surface area contributed by atoms with Crippen molar-refractivity contribution in [3.8, 4) is 0 Å². The molecule has 0 radical (unpaired) electrons. The molecule has 7 nitrogen and oxygen atoms in total. The van der Waals surface area contributed by atoms with Crippen LogP contribution in [0.3, 0.4) is 0 Å². The van der Waals surface area contributed by atoms with Crippen molar-refractivity contribution in [1.29, 1.82) is 0 Å². The summed E-state index contributed by atoms with van der Waals surface area (Å²) < 4.78 is 1.51. The first-order valence-electron chi connectivity index (χ1n) is 9.76. The van der Waals surface area contributed by atoms with Crippen LogP contribution in [-0.2, 0) is 6.54 Å². The van der Waals surface area contributed by atoms with Crippen LogP contribution in [0.5, 0.6) is 0 Å². The number of amides is 2. The summed E-state index contributed by atoms with van der Waals surface area (Å²) in [5.74, 6) is 0. The molecule has 0 spiro atoms. The summed E-state index contributed by atoms with van der Waals surface area (Å²) in [7, 11) is 0. The summed E-state index contributed by atoms with van der Waals surface area (Å²) in [4.78, 5) is 30.2. The zero-order valence-corrected chi connectivity index (χ0v) is 17.0. The normalized spacial score (nSPS) is 15.8. The lowest BCUT2D eigenvalue weighted by Gasteiger charge is -2.20. The molecule has 154 valence electrons. The van der Waals surface area contributed by atoms with Gasteiger partial charge < -0.3 is 15.5 Å². The zero-order chi connectivity index (χ0) is 20.9. The van der Waals surface area contributed by atoms with Crippen molar-refractivity contribution in [2.24, 2.45) is 0 Å². The van der Waals surface area contributed by atoms with Crippen molar-refractivity contribution in [2.45, 2.75) is 19.0 Å². The Kier molecular flexibility index (Phi) is 5.99. The van der Waals surface area contributed by atoms with E-state index in [4.69, 9.17) is 11.6 Å². The molecular weight excluding hydrogens is 402 g/mol. The lowest BCUT2D eigenvalue weighted by atomic mass is 10.2. The third-order valence-electron chi connectivity index (χ3n) is 5.04. The van der Waals surface area contributed by atoms with Gasteiger partial charge in [-0.2, -0.15) is 0 Å². The number of rotatable bonds is 5. The van der Waals surface area contributed by atoms with E-state index >= 15 is 0 Å². The molecule has 3 aromatic rings. The van der Waals surface area contributed by atoms with Crippen molar-refractivity contribution >= 4 is 29.0 Å². The van der Waals surface area contributed by atoms with Crippen LogP contribution in [0.4, 0.5) is 16.2 Å². The quantitative estimate of drug-likeness (QED) is 0.659. The van der Waals surface area contributed by atoms with E-state index in [2.05, 4.69) is 20.5 Å². The van der Waals surface area contributed by atoms with Gasteiger partial charge >= 0.3 is 11.7 Å². The average molecular weight is 424 g/mol. The Labute approximate surface area is 179 Å². The molecule has 2 N–H and O–H groups in total. The maximum Gasteiger partial charge on any atom is 0.347 e. The molecule has 1 aliphatic heterocycles. The number of para-hydroxylation sites is 1. The fourth-order valence-electron chi connectivity index (χ4n) is 3.61. The second-order valence-electron chi connectivity index (χ2n) is 7.21. The molecule has 2 aromatic carbocycles. The highest BCUT2D eigenvalue weighted by Gasteiger charge is 2.25. The fraction of sp³-hybridized carbons (Fsp3) is 0.227. The number of urea groups is 1. The number of halogens is 1. The smallest absolute Gasteiger partial charge is 0.347 e. The van der Waals surface area contributed by atoms with Gasteiger partial charge in [0, 0.05) is 37.2 Å². The number of nitrogens with zero attached hydrogens (tertiary/aromatic N) is 3. The number of hydrogen-bond donors (Lipinski definition) is 2. The van der Waals surface area contributed by atoms with Gasteiger partial charge in [0.25, 0.3) is 0 Å². The van der Waals surface area contributed by atoms with Crippen LogP contribution in [0, 0.1) is 0 Å². The minimum Gasteiger partial charge on any atom is -0.368 e. The molecule has 1 atom stereocenters. The molecule has 4 rings (SSSR count). The van der Waals surface area contributed by atoms with E-state index in [1.165, 1.54) is 10.8 Å². The fourth-order valence-corrected chi connectivity index (χ4v) is 3.86. The zero-order valence-electron chi connectivity index (χ0n) is 16.3. The van der Waals surface area contributed by atoms with Crippen molar-refractivity contribution in [2.75, 3.05) is 23.3 Å². The van der Waals surface area contributed by atoms with Gasteiger partial charge in [-0.3, -0.25) is 4.57 Å². The first-order valence-corrected chi connectivity index (χ1v) is 10.1. The summed E-state index contributed by atoms with van der Waals surface area (Å²) in [5.41, 5.74) is 2.25. The lowest BCUT2D eigenvalue weighted by molar-refractivity contribution is 0.249. The van der Waals surface area contributed by atoms with E-state index in [1.807, 2.05) is 48.5 Å². The third kappa shape index (κ3) is 4.80. The van der Waals surface area contributed by atoms with Crippen molar-refractivity contribution in [1.82, 2.24) is 14.9 Å². The van der Waals surface area contributed by atoms with Crippen LogP contribution in [-0.4, -0.2) is 34.7 Å². The molecule has 1 fully saturated rings. The van der Waals surface area contributed by atoms with Crippen molar-refractivity contribution in [3.05, 3.63) is 88.1 Å². The Morgan fingerprint density at radius 1 is 1.17 bits per heavy atom. The van der Waals surface area contributed by atoms with Gasteiger partial charge in [0.15, 0.2) is 0 Å². The Morgan fingerprint density at radius 3 is 2.87 bits per heavy atom. The molecule has 0 aliphatic carbocycles. The van der Waals surface area contributed by atoms with Crippen LogP contribution in [0.1, 0.15) is 12.0 Å². The number of carbonyl (C=O) groups is 1. The molecule has 2 heterocycles. The Bertz CT molecular complexity index is 1100. The van der Waals surface area contributed by atoms with Crippen LogP contribution >= 0.6 is 11.6 Å². The van der Waals surface area contributed by atoms with E-state index in [1.54, 1.807) is 12.3 Å². The van der Waals surface area contributed by atoms with Gasteiger partial charge in [-0.25, -0.2) is 14.6 Å². The molecule has 0 bridgehead atoms. The Balaban J connectivity index is 1.34. The van der Waals surface area contributed by atoms with Gasteiger partial charge in [-0.15, -0.1) is 0 Å². The number of hydrogen-bond acceptors (Lipinski definition) is 4. The number of anilines is 2. The van der Waals surface area contributed by atoms with Gasteiger partial charge in [-0.1, -0.05) is 35.9 Å². The minimum absolute atomic E-state index is 0.0402. The summed E-state index contributed by atoms with van der Waals surface area (Å²) in [6.45, 7) is 1.93. The topological polar surface area (TPSA) is 79.3 Å². The van der Waals surface area contributed by atoms with Crippen LogP contribution in [0.2, 0.25) is 5.02 Å². The molecular formula is C22H22ClN5O2. The minimum atomic E-state index is -0.307. The van der Waals surface area contributed by atoms with E-state index in [-0.39, 0.29) is 17.8 Å². The summed E-state index contributed by atoms with van der Waals surface area (Å²) in [6.07, 6.45) is 4.01. The Morgan fingerprint density at radius 2 is 2.03 bits per heavy atom. The molecule has 30 heavy (non-hydrogen) atoms. The number of aromatic nitrogens is 2. The summed E-state index contributed by atoms with van der Waals surface area (Å²) in [6, 6.07) is 16.7. The van der Waals surface area contributed by atoms with Crippen LogP contribution in [0.15, 0.2) is 71.8 Å². The van der Waals surface area contributed by atoms with Gasteiger partial charge in [0.2, 0.25) is 0 Å². The van der Waals surface area contributed by atoms with E-state index in [9.17, 15) is 9.59 Å². The van der Waals surface area contributed by atoms with Crippen LogP contribution in [0.25, 0.3) is 0 Å². The largest absolute Gasteiger partial charge is 0.368 e. The number of benzene rings is 2. The van der Waals surface area contributed by atoms with E-state index in [0.29, 0.717) is 23.8 Å². The highest BCUT2D eigenvalue weighted by Crippen LogP contribution is 2.28. The van der Waals surface area contributed by atoms with Crippen molar-refractivity contribution < 1.29 is 4.79 Å². The van der Waals surface area contributed by atoms with Gasteiger partial charge in [-0.05, 0) is 42.3 Å².